The average Bonchev–Trinajstić information content (AvgIpc) is 3.83. The number of hydrogen-bond acceptors (Lipinski definition) is 0. The van der Waals surface area contributed by atoms with Crippen LogP contribution in [0.3, 0.4) is 0 Å². The standard InChI is InChI=1S/C59H42N2/c1-2-15-39-26-33-55-51(36-39)53-38-43(30-35-57(53)60(55)44-18-7-4-8-19-44)42-29-34-56-52(37-42)46-20-13-14-25-54(46)61(56)45-31-27-41(28-32-45)59-49-23-11-9-21-47(49)58(40-16-5-3-6-17-40)48-22-10-12-24-50(48)59/h3-14,16-38H,2,15H2,1H3. The maximum Gasteiger partial charge on any atom is 0.0541 e. The summed E-state index contributed by atoms with van der Waals surface area (Å²) in [4.78, 5) is 0. The first kappa shape index (κ1) is 35.3. The lowest BCUT2D eigenvalue weighted by molar-refractivity contribution is 0.923. The second-order valence-electron chi connectivity index (χ2n) is 16.3. The number of benzene rings is 10. The molecule has 0 amide bonds. The van der Waals surface area contributed by atoms with Gasteiger partial charge in [0.1, 0.15) is 0 Å². The van der Waals surface area contributed by atoms with Gasteiger partial charge in [0.25, 0.3) is 0 Å². The monoisotopic (exact) mass is 778 g/mol. The molecule has 0 atom stereocenters. The molecule has 0 saturated heterocycles. The molecule has 0 fully saturated rings. The Bertz CT molecular complexity index is 3570. The van der Waals surface area contributed by atoms with Crippen molar-refractivity contribution < 1.29 is 0 Å². The predicted octanol–water partition coefficient (Wildman–Crippen LogP) is 16.1. The third-order valence-electron chi connectivity index (χ3n) is 12.8. The molecule has 0 N–H and O–H groups in total. The van der Waals surface area contributed by atoms with E-state index in [0.717, 1.165) is 18.5 Å². The molecule has 2 heterocycles. The summed E-state index contributed by atoms with van der Waals surface area (Å²) in [5, 5.41) is 10.2. The first-order chi connectivity index (χ1) is 30.2. The predicted molar refractivity (Wildman–Crippen MR) is 260 cm³/mol. The summed E-state index contributed by atoms with van der Waals surface area (Å²) >= 11 is 0. The van der Waals surface area contributed by atoms with Gasteiger partial charge >= 0.3 is 0 Å². The lowest BCUT2D eigenvalue weighted by Gasteiger charge is -2.18. The van der Waals surface area contributed by atoms with E-state index in [9.17, 15) is 0 Å². The summed E-state index contributed by atoms with van der Waals surface area (Å²) in [5.74, 6) is 0. The summed E-state index contributed by atoms with van der Waals surface area (Å²) in [6, 6.07) is 78.5. The van der Waals surface area contributed by atoms with E-state index in [1.807, 2.05) is 0 Å². The summed E-state index contributed by atoms with van der Waals surface area (Å²) < 4.78 is 4.84. The van der Waals surface area contributed by atoms with Gasteiger partial charge in [-0.25, -0.2) is 0 Å². The van der Waals surface area contributed by atoms with Crippen molar-refractivity contribution in [2.75, 3.05) is 0 Å². The van der Waals surface area contributed by atoms with Gasteiger partial charge in [-0.3, -0.25) is 0 Å². The molecule has 61 heavy (non-hydrogen) atoms. The number of fused-ring (bicyclic) bond motifs is 8. The lowest BCUT2D eigenvalue weighted by atomic mass is 9.86. The molecule has 2 nitrogen and oxygen atoms in total. The maximum absolute atomic E-state index is 2.43. The number of aromatic nitrogens is 2. The molecule has 0 saturated carbocycles. The number of aryl methyl sites for hydroxylation is 1. The van der Waals surface area contributed by atoms with Crippen LogP contribution in [0.15, 0.2) is 212 Å². The van der Waals surface area contributed by atoms with Crippen molar-refractivity contribution in [3.05, 3.63) is 218 Å². The maximum atomic E-state index is 2.43. The molecular formula is C59H42N2. The number of nitrogens with zero attached hydrogens (tertiary/aromatic N) is 2. The normalized spacial score (nSPS) is 11.8. The molecule has 12 aromatic rings. The van der Waals surface area contributed by atoms with Crippen LogP contribution in [0.2, 0.25) is 0 Å². The van der Waals surface area contributed by atoms with Crippen LogP contribution in [-0.2, 0) is 6.42 Å². The topological polar surface area (TPSA) is 9.86 Å². The molecule has 2 aromatic heterocycles. The highest BCUT2D eigenvalue weighted by Gasteiger charge is 2.19. The van der Waals surface area contributed by atoms with Gasteiger partial charge in [0, 0.05) is 32.9 Å². The zero-order valence-corrected chi connectivity index (χ0v) is 34.0. The third-order valence-corrected chi connectivity index (χ3v) is 12.8. The zero-order chi connectivity index (χ0) is 40.4. The van der Waals surface area contributed by atoms with Gasteiger partial charge in [0.15, 0.2) is 0 Å². The molecule has 10 aromatic carbocycles. The average molecular weight is 779 g/mol. The largest absolute Gasteiger partial charge is 0.309 e. The van der Waals surface area contributed by atoms with Crippen molar-refractivity contribution in [1.82, 2.24) is 9.13 Å². The van der Waals surface area contributed by atoms with Crippen LogP contribution >= 0.6 is 0 Å². The summed E-state index contributed by atoms with van der Waals surface area (Å²) in [7, 11) is 0. The Labute approximate surface area is 355 Å². The Morgan fingerprint density at radius 3 is 1.25 bits per heavy atom. The number of hydrogen-bond donors (Lipinski definition) is 0. The van der Waals surface area contributed by atoms with E-state index in [1.54, 1.807) is 0 Å². The van der Waals surface area contributed by atoms with Gasteiger partial charge in [0.2, 0.25) is 0 Å². The quantitative estimate of drug-likeness (QED) is 0.143. The minimum absolute atomic E-state index is 1.08. The molecule has 0 unspecified atom stereocenters. The van der Waals surface area contributed by atoms with Crippen molar-refractivity contribution >= 4 is 65.2 Å². The lowest BCUT2D eigenvalue weighted by Crippen LogP contribution is -1.95. The fraction of sp³-hybridized carbons (Fsp3) is 0.0508. The summed E-state index contributed by atoms with van der Waals surface area (Å²) in [6.45, 7) is 2.26. The van der Waals surface area contributed by atoms with E-state index in [-0.39, 0.29) is 0 Å². The van der Waals surface area contributed by atoms with Crippen molar-refractivity contribution in [2.45, 2.75) is 19.8 Å². The van der Waals surface area contributed by atoms with E-state index >= 15 is 0 Å². The fourth-order valence-corrected chi connectivity index (χ4v) is 10.1. The molecule has 0 radical (unpaired) electrons. The van der Waals surface area contributed by atoms with E-state index in [4.69, 9.17) is 0 Å². The molecule has 12 rings (SSSR count). The van der Waals surface area contributed by atoms with Crippen LogP contribution < -0.4 is 0 Å². The molecule has 0 aliphatic rings. The number of rotatable bonds is 7. The Balaban J connectivity index is 0.990. The van der Waals surface area contributed by atoms with Crippen LogP contribution in [0.25, 0.3) is 110 Å². The van der Waals surface area contributed by atoms with Crippen molar-refractivity contribution in [1.29, 1.82) is 0 Å². The highest BCUT2D eigenvalue weighted by Crippen LogP contribution is 2.44. The Hall–Kier alpha value is -7.68. The van der Waals surface area contributed by atoms with Crippen molar-refractivity contribution in [3.8, 4) is 44.8 Å². The van der Waals surface area contributed by atoms with Crippen LogP contribution in [0.5, 0.6) is 0 Å². The third kappa shape index (κ3) is 5.64. The molecule has 0 aliphatic heterocycles. The Kier molecular flexibility index (Phi) is 8.24. The van der Waals surface area contributed by atoms with Gasteiger partial charge in [0.05, 0.1) is 22.1 Å². The summed E-state index contributed by atoms with van der Waals surface area (Å²) in [6.07, 6.45) is 2.20. The first-order valence-corrected chi connectivity index (χ1v) is 21.5. The molecule has 288 valence electrons. The molecule has 0 aliphatic carbocycles. The molecular weight excluding hydrogens is 737 g/mol. The smallest absolute Gasteiger partial charge is 0.0541 e. The van der Waals surface area contributed by atoms with Crippen molar-refractivity contribution in [3.63, 3.8) is 0 Å². The van der Waals surface area contributed by atoms with Crippen LogP contribution in [0.1, 0.15) is 18.9 Å². The zero-order valence-electron chi connectivity index (χ0n) is 34.0. The fourth-order valence-electron chi connectivity index (χ4n) is 10.1. The minimum Gasteiger partial charge on any atom is -0.309 e. The van der Waals surface area contributed by atoms with Crippen LogP contribution in [0.4, 0.5) is 0 Å². The minimum atomic E-state index is 1.08. The van der Waals surface area contributed by atoms with Gasteiger partial charge in [-0.1, -0.05) is 159 Å². The summed E-state index contributed by atoms with van der Waals surface area (Å²) in [5.41, 5.74) is 16.1. The molecule has 2 heteroatoms. The van der Waals surface area contributed by atoms with E-state index in [2.05, 4.69) is 228 Å². The second kappa shape index (κ2) is 14.3. The van der Waals surface area contributed by atoms with E-state index in [1.165, 1.54) is 110 Å². The van der Waals surface area contributed by atoms with Gasteiger partial charge < -0.3 is 9.13 Å². The van der Waals surface area contributed by atoms with E-state index in [0.29, 0.717) is 0 Å². The Morgan fingerprint density at radius 1 is 0.295 bits per heavy atom. The highest BCUT2D eigenvalue weighted by atomic mass is 15.0. The van der Waals surface area contributed by atoms with Crippen LogP contribution in [0, 0.1) is 0 Å². The number of para-hydroxylation sites is 2. The highest BCUT2D eigenvalue weighted by molar-refractivity contribution is 6.21. The van der Waals surface area contributed by atoms with Gasteiger partial charge in [-0.05, 0) is 134 Å². The Morgan fingerprint density at radius 2 is 0.689 bits per heavy atom. The molecule has 0 bridgehead atoms. The molecule has 0 spiro atoms. The van der Waals surface area contributed by atoms with Crippen molar-refractivity contribution in [2.24, 2.45) is 0 Å². The second-order valence-corrected chi connectivity index (χ2v) is 16.3. The SMILES string of the molecule is CCCc1ccc2c(c1)c1cc(-c3ccc4c(c3)c3ccccc3n4-c3ccc(-c4c5ccccc5c(-c5ccccc5)c5ccccc45)cc3)ccc1n2-c1ccccc1. The first-order valence-electron chi connectivity index (χ1n) is 21.5. The van der Waals surface area contributed by atoms with Gasteiger partial charge in [-0.15, -0.1) is 0 Å². The van der Waals surface area contributed by atoms with Crippen LogP contribution in [-0.4, -0.2) is 9.13 Å². The van der Waals surface area contributed by atoms with Gasteiger partial charge in [-0.2, -0.15) is 0 Å². The van der Waals surface area contributed by atoms with E-state index < -0.39 is 0 Å².